The number of nitrogens with zero attached hydrogens (tertiary/aromatic N) is 2. The third-order valence-electron chi connectivity index (χ3n) is 4.37. The van der Waals surface area contributed by atoms with E-state index in [0.29, 0.717) is 24.0 Å². The number of fused-ring (bicyclic) bond motifs is 1. The average molecular weight is 335 g/mol. The number of amides is 1. The maximum absolute atomic E-state index is 13.0. The van der Waals surface area contributed by atoms with Gasteiger partial charge < -0.3 is 4.90 Å². The average Bonchev–Trinajstić information content (AvgIpc) is 3.13. The number of carbonyl (C=O) groups is 1. The highest BCUT2D eigenvalue weighted by Gasteiger charge is 2.35. The van der Waals surface area contributed by atoms with Gasteiger partial charge in [-0.2, -0.15) is 5.10 Å². The van der Waals surface area contributed by atoms with E-state index in [0.717, 1.165) is 18.2 Å². The van der Waals surface area contributed by atoms with Crippen LogP contribution >= 0.6 is 0 Å². The molecule has 2 heterocycles. The number of sulfone groups is 1. The van der Waals surface area contributed by atoms with Crippen LogP contribution in [0, 0.1) is 0 Å². The zero-order valence-electron chi connectivity index (χ0n) is 13.2. The topological polar surface area (TPSA) is 83.1 Å². The van der Waals surface area contributed by atoms with Crippen molar-refractivity contribution in [3.63, 3.8) is 0 Å². The molecule has 23 heavy (non-hydrogen) atoms. The van der Waals surface area contributed by atoms with Gasteiger partial charge in [0.05, 0.1) is 28.8 Å². The summed E-state index contributed by atoms with van der Waals surface area (Å²) in [6.07, 6.45) is 4.03. The SMILES string of the molecule is CCCCN(C(=O)c1cccc2cn[nH]c12)C1CCS(=O)(=O)C1. The number of carbonyl (C=O) groups excluding carboxylic acids is 1. The van der Waals surface area contributed by atoms with Crippen molar-refractivity contribution in [2.45, 2.75) is 32.2 Å². The second kappa shape index (κ2) is 6.31. The van der Waals surface area contributed by atoms with E-state index in [-0.39, 0.29) is 23.5 Å². The summed E-state index contributed by atoms with van der Waals surface area (Å²) in [5, 5.41) is 7.75. The molecule has 1 amide bonds. The predicted octanol–water partition coefficient (Wildman–Crippen LogP) is 1.99. The number of hydrogen-bond acceptors (Lipinski definition) is 4. The normalized spacial score (nSPS) is 20.0. The molecule has 124 valence electrons. The number of benzene rings is 1. The Hall–Kier alpha value is -1.89. The minimum absolute atomic E-state index is 0.0708. The molecule has 0 aliphatic carbocycles. The molecule has 0 bridgehead atoms. The zero-order chi connectivity index (χ0) is 16.4. The van der Waals surface area contributed by atoms with Crippen molar-refractivity contribution >= 4 is 26.6 Å². The minimum atomic E-state index is -3.03. The number of aromatic amines is 1. The van der Waals surface area contributed by atoms with Crippen LogP contribution in [0.3, 0.4) is 0 Å². The summed E-state index contributed by atoms with van der Waals surface area (Å²) in [4.78, 5) is 14.8. The van der Waals surface area contributed by atoms with Crippen molar-refractivity contribution in [3.05, 3.63) is 30.0 Å². The third-order valence-corrected chi connectivity index (χ3v) is 6.12. The summed E-state index contributed by atoms with van der Waals surface area (Å²) >= 11 is 0. The van der Waals surface area contributed by atoms with Gasteiger partial charge in [0.1, 0.15) is 0 Å². The van der Waals surface area contributed by atoms with E-state index in [4.69, 9.17) is 0 Å². The van der Waals surface area contributed by atoms with Crippen molar-refractivity contribution in [1.29, 1.82) is 0 Å². The first-order chi connectivity index (χ1) is 11.0. The maximum Gasteiger partial charge on any atom is 0.256 e. The van der Waals surface area contributed by atoms with Crippen LogP contribution in [0.25, 0.3) is 10.9 Å². The first-order valence-corrected chi connectivity index (χ1v) is 9.77. The Labute approximate surface area is 135 Å². The molecule has 1 unspecified atom stereocenters. The van der Waals surface area contributed by atoms with Gasteiger partial charge in [-0.3, -0.25) is 9.89 Å². The fourth-order valence-corrected chi connectivity index (χ4v) is 4.83. The first kappa shape index (κ1) is 16.0. The molecule has 1 fully saturated rings. The van der Waals surface area contributed by atoms with Crippen molar-refractivity contribution in [3.8, 4) is 0 Å². The van der Waals surface area contributed by atoms with Gasteiger partial charge in [-0.15, -0.1) is 0 Å². The minimum Gasteiger partial charge on any atom is -0.335 e. The summed E-state index contributed by atoms with van der Waals surface area (Å²) in [6.45, 7) is 2.64. The molecule has 1 aliphatic rings. The molecule has 1 aliphatic heterocycles. The summed E-state index contributed by atoms with van der Waals surface area (Å²) in [5.41, 5.74) is 1.26. The van der Waals surface area contributed by atoms with Gasteiger partial charge in [-0.05, 0) is 18.9 Å². The number of para-hydroxylation sites is 1. The van der Waals surface area contributed by atoms with E-state index < -0.39 is 9.84 Å². The Morgan fingerprint density at radius 2 is 2.26 bits per heavy atom. The number of rotatable bonds is 5. The van der Waals surface area contributed by atoms with Crippen molar-refractivity contribution < 1.29 is 13.2 Å². The Balaban J connectivity index is 1.93. The molecule has 0 spiro atoms. The standard InChI is InChI=1S/C16H21N3O3S/c1-2-3-8-19(13-7-9-23(21,22)11-13)16(20)14-6-4-5-12-10-17-18-15(12)14/h4-6,10,13H,2-3,7-9,11H2,1H3,(H,17,18). The molecule has 7 heteroatoms. The monoisotopic (exact) mass is 335 g/mol. The molecular formula is C16H21N3O3S. The highest BCUT2D eigenvalue weighted by molar-refractivity contribution is 7.91. The summed E-state index contributed by atoms with van der Waals surface area (Å²) < 4.78 is 23.6. The fourth-order valence-electron chi connectivity index (χ4n) is 3.10. The van der Waals surface area contributed by atoms with Crippen LogP contribution in [-0.4, -0.2) is 53.5 Å². The molecular weight excluding hydrogens is 314 g/mol. The second-order valence-electron chi connectivity index (χ2n) is 6.05. The van der Waals surface area contributed by atoms with E-state index in [1.807, 2.05) is 12.1 Å². The van der Waals surface area contributed by atoms with Crippen LogP contribution in [0.1, 0.15) is 36.5 Å². The van der Waals surface area contributed by atoms with Crippen LogP contribution in [-0.2, 0) is 9.84 Å². The number of unbranched alkanes of at least 4 members (excludes halogenated alkanes) is 1. The molecule has 1 N–H and O–H groups in total. The van der Waals surface area contributed by atoms with Gasteiger partial charge >= 0.3 is 0 Å². The quantitative estimate of drug-likeness (QED) is 0.906. The fraction of sp³-hybridized carbons (Fsp3) is 0.500. The molecule has 3 rings (SSSR count). The van der Waals surface area contributed by atoms with Crippen molar-refractivity contribution in [2.24, 2.45) is 0 Å². The van der Waals surface area contributed by atoms with Crippen molar-refractivity contribution in [2.75, 3.05) is 18.1 Å². The zero-order valence-corrected chi connectivity index (χ0v) is 14.0. The number of hydrogen-bond donors (Lipinski definition) is 1. The number of H-pyrrole nitrogens is 1. The van der Waals surface area contributed by atoms with E-state index in [2.05, 4.69) is 17.1 Å². The van der Waals surface area contributed by atoms with E-state index in [1.165, 1.54) is 0 Å². The van der Waals surface area contributed by atoms with Crippen LogP contribution in [0.4, 0.5) is 0 Å². The van der Waals surface area contributed by atoms with Gasteiger partial charge in [-0.1, -0.05) is 25.5 Å². The van der Waals surface area contributed by atoms with Crippen molar-refractivity contribution in [1.82, 2.24) is 15.1 Å². The molecule has 1 aromatic heterocycles. The Bertz CT molecular complexity index is 813. The predicted molar refractivity (Wildman–Crippen MR) is 89.1 cm³/mol. The third kappa shape index (κ3) is 3.24. The van der Waals surface area contributed by atoms with Gasteiger partial charge in [0.15, 0.2) is 9.84 Å². The molecule has 0 saturated carbocycles. The highest BCUT2D eigenvalue weighted by atomic mass is 32.2. The van der Waals surface area contributed by atoms with Gasteiger partial charge in [0, 0.05) is 18.0 Å². The van der Waals surface area contributed by atoms with Crippen LogP contribution < -0.4 is 0 Å². The number of aromatic nitrogens is 2. The smallest absolute Gasteiger partial charge is 0.256 e. The van der Waals surface area contributed by atoms with Crippen LogP contribution in [0.5, 0.6) is 0 Å². The molecule has 2 aromatic rings. The van der Waals surface area contributed by atoms with Crippen LogP contribution in [0.15, 0.2) is 24.4 Å². The molecule has 6 nitrogen and oxygen atoms in total. The number of nitrogens with one attached hydrogen (secondary N) is 1. The van der Waals surface area contributed by atoms with E-state index in [1.54, 1.807) is 17.2 Å². The molecule has 1 saturated heterocycles. The second-order valence-corrected chi connectivity index (χ2v) is 8.28. The van der Waals surface area contributed by atoms with Gasteiger partial charge in [-0.25, -0.2) is 8.42 Å². The summed E-state index contributed by atoms with van der Waals surface area (Å²) in [6, 6.07) is 5.27. The molecule has 0 radical (unpaired) electrons. The Morgan fingerprint density at radius 3 is 2.96 bits per heavy atom. The largest absolute Gasteiger partial charge is 0.335 e. The van der Waals surface area contributed by atoms with Crippen LogP contribution in [0.2, 0.25) is 0 Å². The lowest BCUT2D eigenvalue weighted by Crippen LogP contribution is -2.41. The Morgan fingerprint density at radius 1 is 1.43 bits per heavy atom. The van der Waals surface area contributed by atoms with Gasteiger partial charge in [0.25, 0.3) is 5.91 Å². The lowest BCUT2D eigenvalue weighted by Gasteiger charge is -2.28. The Kier molecular flexibility index (Phi) is 4.39. The molecule has 1 atom stereocenters. The lowest BCUT2D eigenvalue weighted by atomic mass is 10.1. The lowest BCUT2D eigenvalue weighted by molar-refractivity contribution is 0.0696. The maximum atomic E-state index is 13.0. The van der Waals surface area contributed by atoms with E-state index in [9.17, 15) is 13.2 Å². The first-order valence-electron chi connectivity index (χ1n) is 7.95. The molecule has 1 aromatic carbocycles. The highest BCUT2D eigenvalue weighted by Crippen LogP contribution is 2.23. The summed E-state index contributed by atoms with van der Waals surface area (Å²) in [5.74, 6) is 0.124. The summed E-state index contributed by atoms with van der Waals surface area (Å²) in [7, 11) is -3.03. The van der Waals surface area contributed by atoms with E-state index >= 15 is 0 Å². The van der Waals surface area contributed by atoms with Gasteiger partial charge in [0.2, 0.25) is 0 Å².